The zero-order valence-electron chi connectivity index (χ0n) is 33.4. The fraction of sp³-hybridized carbons (Fsp3) is 0.467. The van der Waals surface area contributed by atoms with Crippen molar-refractivity contribution in [1.82, 2.24) is 20.0 Å². The van der Waals surface area contributed by atoms with Gasteiger partial charge in [-0.1, -0.05) is 17.7 Å². The quantitative estimate of drug-likeness (QED) is 0.250. The highest BCUT2D eigenvalue weighted by Crippen LogP contribution is 2.46. The molecule has 1 unspecified atom stereocenters. The summed E-state index contributed by atoms with van der Waals surface area (Å²) >= 11 is 6.39. The predicted octanol–water partition coefficient (Wildman–Crippen LogP) is 5.60. The van der Waals surface area contributed by atoms with Crippen LogP contribution in [0.1, 0.15) is 82.9 Å². The van der Waals surface area contributed by atoms with Crippen molar-refractivity contribution in [1.29, 1.82) is 0 Å². The van der Waals surface area contributed by atoms with Gasteiger partial charge in [0.25, 0.3) is 17.7 Å². The van der Waals surface area contributed by atoms with Crippen molar-refractivity contribution in [2.75, 3.05) is 73.6 Å². The van der Waals surface area contributed by atoms with E-state index in [2.05, 4.69) is 48.8 Å². The number of carbonyl (C=O) groups is 5. The number of fused-ring (bicyclic) bond motifs is 1. The van der Waals surface area contributed by atoms with Crippen molar-refractivity contribution >= 4 is 63.9 Å². The second kappa shape index (κ2) is 15.6. The highest BCUT2D eigenvalue weighted by Gasteiger charge is 2.46. The van der Waals surface area contributed by atoms with E-state index in [0.717, 1.165) is 105 Å². The third kappa shape index (κ3) is 7.31. The summed E-state index contributed by atoms with van der Waals surface area (Å²) in [5.74, 6) is -1.91. The molecule has 0 saturated carbocycles. The SMILES string of the molecule is [C-]#[N+]c1ccc(N2CC3(CCN(c4ccc(C(=O)N5CCN(C6CCN(c7ccc8c(c7)C(=O)N(C7CCC(=O)NC7=O)C8=O)CC6)CC5)cc4)CC3)C[C@H]2C)cc1Cl. The smallest absolute Gasteiger partial charge is 0.262 e. The molecule has 1 spiro atoms. The number of nitrogens with one attached hydrogen (secondary N) is 1. The normalized spacial score (nSPS) is 23.8. The van der Waals surface area contributed by atoms with Crippen molar-refractivity contribution in [2.45, 2.75) is 70.0 Å². The van der Waals surface area contributed by atoms with Crippen molar-refractivity contribution in [2.24, 2.45) is 5.41 Å². The van der Waals surface area contributed by atoms with Crippen LogP contribution in [0.25, 0.3) is 4.85 Å². The lowest BCUT2D eigenvalue weighted by Gasteiger charge is -2.43. The lowest BCUT2D eigenvalue weighted by Crippen LogP contribution is -2.54. The molecular weight excluding hydrogens is 768 g/mol. The molecule has 5 saturated heterocycles. The van der Waals surface area contributed by atoms with Gasteiger partial charge in [-0.2, -0.15) is 0 Å². The average Bonchev–Trinajstić information content (AvgIpc) is 3.71. The number of rotatable bonds is 6. The molecule has 0 radical (unpaired) electrons. The molecule has 9 rings (SSSR count). The van der Waals surface area contributed by atoms with E-state index in [4.69, 9.17) is 18.2 Å². The van der Waals surface area contributed by atoms with Crippen LogP contribution >= 0.6 is 11.6 Å². The number of halogens is 1. The molecule has 306 valence electrons. The third-order valence-corrected chi connectivity index (χ3v) is 14.1. The third-order valence-electron chi connectivity index (χ3n) is 13.8. The molecule has 6 heterocycles. The van der Waals surface area contributed by atoms with Gasteiger partial charge in [0.15, 0.2) is 0 Å². The molecular formula is C45H49ClN8O5. The number of piperazine rings is 1. The highest BCUT2D eigenvalue weighted by atomic mass is 35.5. The van der Waals surface area contributed by atoms with Crippen LogP contribution in [0.5, 0.6) is 0 Å². The maximum absolute atomic E-state index is 13.6. The van der Waals surface area contributed by atoms with E-state index in [1.165, 1.54) is 0 Å². The molecule has 13 nitrogen and oxygen atoms in total. The Balaban J connectivity index is 0.736. The summed E-state index contributed by atoms with van der Waals surface area (Å²) in [7, 11) is 0. The Bertz CT molecular complexity index is 2230. The van der Waals surface area contributed by atoms with E-state index < -0.39 is 29.7 Å². The largest absolute Gasteiger partial charge is 0.371 e. The molecule has 14 heteroatoms. The molecule has 59 heavy (non-hydrogen) atoms. The summed E-state index contributed by atoms with van der Waals surface area (Å²) < 4.78 is 0. The van der Waals surface area contributed by atoms with E-state index in [1.807, 2.05) is 41.3 Å². The molecule has 3 aromatic carbocycles. The molecule has 3 aromatic rings. The molecule has 5 fully saturated rings. The second-order valence-electron chi connectivity index (χ2n) is 17.2. The van der Waals surface area contributed by atoms with Crippen LogP contribution in [0.2, 0.25) is 5.02 Å². The molecule has 2 atom stereocenters. The zero-order chi connectivity index (χ0) is 41.0. The zero-order valence-corrected chi connectivity index (χ0v) is 34.1. The van der Waals surface area contributed by atoms with Gasteiger partial charge in [0.2, 0.25) is 17.5 Å². The lowest BCUT2D eigenvalue weighted by molar-refractivity contribution is -0.136. The Kier molecular flexibility index (Phi) is 10.3. The number of nitrogens with zero attached hydrogens (tertiary/aromatic N) is 7. The van der Waals surface area contributed by atoms with Gasteiger partial charge in [0.1, 0.15) is 6.04 Å². The molecule has 0 bridgehead atoms. The van der Waals surface area contributed by atoms with Crippen LogP contribution in [0.15, 0.2) is 60.7 Å². The summed E-state index contributed by atoms with van der Waals surface area (Å²) in [6.45, 7) is 17.2. The monoisotopic (exact) mass is 816 g/mol. The Labute approximate surface area is 349 Å². The highest BCUT2D eigenvalue weighted by molar-refractivity contribution is 6.33. The predicted molar refractivity (Wildman–Crippen MR) is 225 cm³/mol. The first kappa shape index (κ1) is 39.0. The van der Waals surface area contributed by atoms with Gasteiger partial charge in [-0.15, -0.1) is 0 Å². The Morgan fingerprint density at radius 3 is 2.12 bits per heavy atom. The van der Waals surface area contributed by atoms with E-state index in [1.54, 1.807) is 12.1 Å². The number of hydrogen-bond donors (Lipinski definition) is 1. The molecule has 0 aliphatic carbocycles. The van der Waals surface area contributed by atoms with E-state index in [0.29, 0.717) is 41.4 Å². The standard InChI is InChI=1S/C45H49ClN8O5/c1-29-27-45(28-53(29)34-8-10-38(47-2)37(46)26-34)15-19-50(20-16-45)31-5-3-30(4-6-31)42(57)52-23-21-51(22-24-52)32-13-17-49(18-14-32)33-7-9-35-36(25-33)44(59)54(43(35)58)39-11-12-40(55)48-41(39)56/h3-10,25-26,29,32,39H,11-24,27-28H2,1H3,(H,48,55,56)/t29-,39?/m1/s1. The van der Waals surface area contributed by atoms with Crippen LogP contribution in [0.3, 0.4) is 0 Å². The summed E-state index contributed by atoms with van der Waals surface area (Å²) in [4.78, 5) is 80.4. The minimum absolute atomic E-state index is 0.0778. The summed E-state index contributed by atoms with van der Waals surface area (Å²) in [5.41, 5.74) is 5.19. The Hall–Kier alpha value is -5.45. The lowest BCUT2D eigenvalue weighted by atomic mass is 9.76. The van der Waals surface area contributed by atoms with Gasteiger partial charge in [-0.3, -0.25) is 39.1 Å². The average molecular weight is 817 g/mol. The first-order valence-electron chi connectivity index (χ1n) is 20.9. The number of piperidine rings is 3. The maximum atomic E-state index is 13.6. The Morgan fingerprint density at radius 2 is 1.44 bits per heavy atom. The molecule has 5 amide bonds. The first-order chi connectivity index (χ1) is 28.5. The number of anilines is 3. The van der Waals surface area contributed by atoms with Gasteiger partial charge in [-0.25, -0.2) is 4.85 Å². The van der Waals surface area contributed by atoms with Crippen LogP contribution in [-0.4, -0.2) is 121 Å². The summed E-state index contributed by atoms with van der Waals surface area (Å²) in [6, 6.07) is 19.1. The van der Waals surface area contributed by atoms with Crippen LogP contribution in [0.4, 0.5) is 22.7 Å². The van der Waals surface area contributed by atoms with Crippen molar-refractivity contribution in [3.8, 4) is 0 Å². The fourth-order valence-corrected chi connectivity index (χ4v) is 10.7. The minimum Gasteiger partial charge on any atom is -0.371 e. The topological polar surface area (TPSA) is 121 Å². The Morgan fingerprint density at radius 1 is 0.780 bits per heavy atom. The number of amides is 5. The number of imide groups is 2. The maximum Gasteiger partial charge on any atom is 0.262 e. The van der Waals surface area contributed by atoms with Crippen LogP contribution in [0, 0.1) is 12.0 Å². The molecule has 6 aliphatic rings. The van der Waals surface area contributed by atoms with Crippen molar-refractivity contribution in [3.63, 3.8) is 0 Å². The van der Waals surface area contributed by atoms with Gasteiger partial charge in [-0.05, 0) is 105 Å². The van der Waals surface area contributed by atoms with Gasteiger partial charge < -0.3 is 19.6 Å². The van der Waals surface area contributed by atoms with Crippen molar-refractivity contribution < 1.29 is 24.0 Å². The minimum atomic E-state index is -0.978. The fourth-order valence-electron chi connectivity index (χ4n) is 10.5. The van der Waals surface area contributed by atoms with E-state index in [9.17, 15) is 24.0 Å². The molecule has 6 aliphatic heterocycles. The van der Waals surface area contributed by atoms with Gasteiger partial charge in [0, 0.05) is 105 Å². The number of carbonyl (C=O) groups excluding carboxylic acids is 5. The molecule has 0 aromatic heterocycles. The molecule has 1 N–H and O–H groups in total. The summed E-state index contributed by atoms with van der Waals surface area (Å²) in [5, 5.41) is 2.76. The van der Waals surface area contributed by atoms with E-state index >= 15 is 0 Å². The van der Waals surface area contributed by atoms with Gasteiger partial charge in [0.05, 0.1) is 17.7 Å². The second-order valence-corrected chi connectivity index (χ2v) is 17.6. The van der Waals surface area contributed by atoms with E-state index in [-0.39, 0.29) is 29.7 Å². The van der Waals surface area contributed by atoms with Crippen molar-refractivity contribution in [3.05, 3.63) is 93.8 Å². The van der Waals surface area contributed by atoms with Gasteiger partial charge >= 0.3 is 0 Å². The van der Waals surface area contributed by atoms with Crippen LogP contribution in [-0.2, 0) is 9.59 Å². The summed E-state index contributed by atoms with van der Waals surface area (Å²) in [6.07, 6.45) is 5.47. The first-order valence-corrected chi connectivity index (χ1v) is 21.3. The number of hydrogen-bond acceptors (Lipinski definition) is 9. The number of benzene rings is 3. The van der Waals surface area contributed by atoms with Crippen LogP contribution < -0.4 is 20.0 Å².